The molecule has 362 valence electrons. The molecular weight excluding hydrogens is 872 g/mol. The Morgan fingerprint density at radius 2 is 1.18 bits per heavy atom. The Kier molecular flexibility index (Phi) is 14.9. The van der Waals surface area contributed by atoms with Gasteiger partial charge in [-0.25, -0.2) is 4.79 Å². The first-order valence-electron chi connectivity index (χ1n) is 22.2. The Hall–Kier alpha value is -4.99. The summed E-state index contributed by atoms with van der Waals surface area (Å²) in [7, 11) is 0. The van der Waals surface area contributed by atoms with Crippen LogP contribution in [0.1, 0.15) is 86.6 Å². The highest BCUT2D eigenvalue weighted by Gasteiger charge is 2.76. The van der Waals surface area contributed by atoms with Crippen molar-refractivity contribution in [2.24, 2.45) is 17.8 Å². The van der Waals surface area contributed by atoms with Crippen LogP contribution < -0.4 is 0 Å². The summed E-state index contributed by atoms with van der Waals surface area (Å²) in [4.78, 5) is 89.4. The normalized spacial score (nSPS) is 39.2. The van der Waals surface area contributed by atoms with Crippen molar-refractivity contribution in [3.63, 3.8) is 0 Å². The second-order valence-electron chi connectivity index (χ2n) is 17.7. The maximum atomic E-state index is 14.4. The number of carbonyl (C=O) groups is 7. The topological polar surface area (TPSA) is 243 Å². The van der Waals surface area contributed by atoms with Gasteiger partial charge in [-0.2, -0.15) is 0 Å². The zero-order chi connectivity index (χ0) is 47.7. The van der Waals surface area contributed by atoms with Crippen LogP contribution in [0.25, 0.3) is 6.08 Å². The molecule has 0 amide bonds. The van der Waals surface area contributed by atoms with Crippen LogP contribution in [0.5, 0.6) is 0 Å². The summed E-state index contributed by atoms with van der Waals surface area (Å²) in [5.41, 5.74) is 0.0381. The van der Waals surface area contributed by atoms with E-state index >= 15 is 0 Å². The molecule has 0 N–H and O–H groups in total. The lowest BCUT2D eigenvalue weighted by atomic mass is 9.72. The highest BCUT2D eigenvalue weighted by Crippen LogP contribution is 2.62. The molecular formula is C46H58O20. The van der Waals surface area contributed by atoms with E-state index < -0.39 is 133 Å². The Bertz CT molecular complexity index is 2020. The van der Waals surface area contributed by atoms with Crippen molar-refractivity contribution in [2.45, 2.75) is 166 Å². The van der Waals surface area contributed by atoms with Gasteiger partial charge < -0.3 is 61.6 Å². The Balaban J connectivity index is 1.10. The molecule has 1 aromatic carbocycles. The van der Waals surface area contributed by atoms with Gasteiger partial charge in [0.1, 0.15) is 6.10 Å². The molecule has 7 rings (SSSR count). The molecule has 66 heavy (non-hydrogen) atoms. The van der Waals surface area contributed by atoms with Crippen LogP contribution in [-0.4, -0.2) is 140 Å². The zero-order valence-corrected chi connectivity index (χ0v) is 38.1. The summed E-state index contributed by atoms with van der Waals surface area (Å²) in [5, 5.41) is 0. The standard InChI is InChI=1S/C46H58O20/c1-22-20-54-46(19-34(22)63-35(52)17-14-30-12-10-9-11-13-30)45(21-55-45)32-16-15-31(18-33(32)66-46)42(53)65-44-41(39(61-28(7)50)37(24(3)57-44)59-26(5)48)64-43-40(62-29(8)51)38(60-27(6)49)36(23(2)56-43)58-25(4)47/h9-14,17,22-24,31-34,36-41,43-44H,15-16,18-21H2,1-8H3/b17-14+/t22-,23-,24-,31-,32-,33+,34+,36-,37-,38+,39+,40-,41-,43+,44+,45-,46-/m1/s1. The predicted octanol–water partition coefficient (Wildman–Crippen LogP) is 3.02. The Morgan fingerprint density at radius 1 is 0.636 bits per heavy atom. The van der Waals surface area contributed by atoms with E-state index in [0.29, 0.717) is 19.4 Å². The number of rotatable bonds is 12. The maximum Gasteiger partial charge on any atom is 0.331 e. The molecule has 1 aliphatic carbocycles. The van der Waals surface area contributed by atoms with Crippen LogP contribution in [-0.2, 0) is 95.1 Å². The number of fused-ring (bicyclic) bond motifs is 3. The molecule has 20 nitrogen and oxygen atoms in total. The number of esters is 7. The van der Waals surface area contributed by atoms with Crippen molar-refractivity contribution < 1.29 is 95.1 Å². The lowest BCUT2D eigenvalue weighted by molar-refractivity contribution is -0.359. The van der Waals surface area contributed by atoms with Gasteiger partial charge in [0.25, 0.3) is 0 Å². The average molecular weight is 931 g/mol. The third-order valence-electron chi connectivity index (χ3n) is 12.8. The third-order valence-corrected chi connectivity index (χ3v) is 12.8. The van der Waals surface area contributed by atoms with E-state index in [9.17, 15) is 33.6 Å². The van der Waals surface area contributed by atoms with E-state index in [-0.39, 0.29) is 31.3 Å². The number of hydrogen-bond donors (Lipinski definition) is 0. The molecule has 5 aliphatic heterocycles. The highest BCUT2D eigenvalue weighted by atomic mass is 16.8. The van der Waals surface area contributed by atoms with Crippen LogP contribution in [0.15, 0.2) is 36.4 Å². The fourth-order valence-electron chi connectivity index (χ4n) is 9.83. The van der Waals surface area contributed by atoms with Gasteiger partial charge in [-0.05, 0) is 44.7 Å². The first kappa shape index (κ1) is 48.9. The molecule has 0 bridgehead atoms. The van der Waals surface area contributed by atoms with E-state index in [2.05, 4.69) is 0 Å². The molecule has 0 aromatic heterocycles. The minimum atomic E-state index is -1.67. The van der Waals surface area contributed by atoms with E-state index in [1.165, 1.54) is 19.9 Å². The maximum absolute atomic E-state index is 14.4. The first-order chi connectivity index (χ1) is 31.3. The quantitative estimate of drug-likeness (QED) is 0.127. The number of hydrogen-bond acceptors (Lipinski definition) is 20. The molecule has 17 atom stereocenters. The first-order valence-corrected chi connectivity index (χ1v) is 22.2. The summed E-state index contributed by atoms with van der Waals surface area (Å²) < 4.78 is 77.9. The Morgan fingerprint density at radius 3 is 1.76 bits per heavy atom. The van der Waals surface area contributed by atoms with Gasteiger partial charge in [0, 0.05) is 59.0 Å². The van der Waals surface area contributed by atoms with Crippen LogP contribution in [0.2, 0.25) is 0 Å². The zero-order valence-electron chi connectivity index (χ0n) is 38.1. The van der Waals surface area contributed by atoms with Gasteiger partial charge in [-0.15, -0.1) is 0 Å². The monoisotopic (exact) mass is 930 g/mol. The minimum absolute atomic E-state index is 0.145. The van der Waals surface area contributed by atoms with Gasteiger partial charge >= 0.3 is 41.8 Å². The van der Waals surface area contributed by atoms with E-state index in [4.69, 9.17) is 61.6 Å². The number of benzene rings is 1. The number of epoxide rings is 1. The van der Waals surface area contributed by atoms with Crippen LogP contribution in [0.4, 0.5) is 0 Å². The molecule has 6 fully saturated rings. The molecule has 5 saturated heterocycles. The predicted molar refractivity (Wildman–Crippen MR) is 220 cm³/mol. The molecule has 2 spiro atoms. The van der Waals surface area contributed by atoms with Crippen molar-refractivity contribution in [3.05, 3.63) is 42.0 Å². The average Bonchev–Trinajstić information content (AvgIpc) is 4.01. The molecule has 1 saturated carbocycles. The van der Waals surface area contributed by atoms with E-state index in [0.717, 1.165) is 40.2 Å². The van der Waals surface area contributed by atoms with E-state index in [1.807, 2.05) is 37.3 Å². The molecule has 0 radical (unpaired) electrons. The van der Waals surface area contributed by atoms with Crippen molar-refractivity contribution in [1.29, 1.82) is 0 Å². The van der Waals surface area contributed by atoms with Gasteiger partial charge in [-0.1, -0.05) is 37.3 Å². The number of ether oxygens (including phenoxy) is 13. The Labute approximate surface area is 381 Å². The summed E-state index contributed by atoms with van der Waals surface area (Å²) in [6.07, 6.45) is -11.0. The largest absolute Gasteiger partial charge is 0.459 e. The van der Waals surface area contributed by atoms with E-state index in [1.54, 1.807) is 6.08 Å². The van der Waals surface area contributed by atoms with Crippen LogP contribution in [0.3, 0.4) is 0 Å². The molecule has 1 aromatic rings. The summed E-state index contributed by atoms with van der Waals surface area (Å²) in [6, 6.07) is 9.37. The minimum Gasteiger partial charge on any atom is -0.459 e. The van der Waals surface area contributed by atoms with Gasteiger partial charge in [-0.3, -0.25) is 28.8 Å². The summed E-state index contributed by atoms with van der Waals surface area (Å²) in [5.74, 6) is -7.54. The number of carbonyl (C=O) groups excluding carboxylic acids is 7. The van der Waals surface area contributed by atoms with Crippen LogP contribution >= 0.6 is 0 Å². The van der Waals surface area contributed by atoms with Crippen molar-refractivity contribution in [1.82, 2.24) is 0 Å². The fraction of sp³-hybridized carbons (Fsp3) is 0.674. The van der Waals surface area contributed by atoms with Crippen molar-refractivity contribution in [2.75, 3.05) is 13.2 Å². The second-order valence-corrected chi connectivity index (χ2v) is 17.7. The lowest BCUT2D eigenvalue weighted by Gasteiger charge is -2.48. The second kappa shape index (κ2) is 20.1. The lowest BCUT2D eigenvalue weighted by Crippen LogP contribution is -2.66. The van der Waals surface area contributed by atoms with Crippen molar-refractivity contribution in [3.8, 4) is 0 Å². The molecule has 0 unspecified atom stereocenters. The molecule has 5 heterocycles. The van der Waals surface area contributed by atoms with Crippen LogP contribution in [0, 0.1) is 17.8 Å². The highest BCUT2D eigenvalue weighted by molar-refractivity contribution is 5.87. The van der Waals surface area contributed by atoms with Crippen molar-refractivity contribution >= 4 is 47.9 Å². The summed E-state index contributed by atoms with van der Waals surface area (Å²) >= 11 is 0. The summed E-state index contributed by atoms with van der Waals surface area (Å²) in [6.45, 7) is 11.1. The SMILES string of the molecule is CC(=O)O[C@@H]1[C@@H](OC(C)=O)[C@H](O[C@H]2[C@H](OC(=O)[C@@H]3CC[C@@H]4[C@H](C3)O[C@]3(C[C@H](OC(=O)/C=C/c5ccccc5)[C@H](C)CO3)[C@@]43CO3)O[C@H](C)[C@@H](OC(C)=O)[C@@H]2OC(C)=O)O[C@H](C)[C@H]1OC(C)=O. The van der Waals surface area contributed by atoms with Gasteiger partial charge in [0.2, 0.25) is 12.1 Å². The molecule has 20 heteroatoms. The fourth-order valence-corrected chi connectivity index (χ4v) is 9.83. The van der Waals surface area contributed by atoms with Gasteiger partial charge in [0.05, 0.1) is 37.4 Å². The molecule has 6 aliphatic rings. The van der Waals surface area contributed by atoms with Gasteiger partial charge in [0.15, 0.2) is 48.5 Å². The smallest absolute Gasteiger partial charge is 0.331 e. The third kappa shape index (κ3) is 10.6.